The molecule has 2 heterocycles. The van der Waals surface area contributed by atoms with Gasteiger partial charge in [0.05, 0.1) is 5.69 Å². The maximum Gasteiger partial charge on any atom is 0.0506 e. The van der Waals surface area contributed by atoms with Gasteiger partial charge < -0.3 is 4.57 Å². The molecule has 0 aliphatic rings. The number of fused-ring (bicyclic) bond motifs is 1. The average Bonchev–Trinajstić information content (AvgIpc) is 2.94. The number of hydrogen-bond acceptors (Lipinski definition) is 1. The standard InChI is InChI=1S/C20H24N2.ClH/c1-2-3-4-5-8-14-22-19-12-7-6-10-17(19)15-20(22)18-11-9-13-21-16-18;/h6-7,9-13,15-16H,2-5,8,14H2,1H3;1H. The summed E-state index contributed by atoms with van der Waals surface area (Å²) in [5, 5.41) is 1.31. The van der Waals surface area contributed by atoms with E-state index in [1.165, 1.54) is 54.3 Å². The quantitative estimate of drug-likeness (QED) is 0.479. The van der Waals surface area contributed by atoms with Gasteiger partial charge in [0.2, 0.25) is 0 Å². The van der Waals surface area contributed by atoms with Crippen molar-refractivity contribution < 1.29 is 0 Å². The second-order valence-corrected chi connectivity index (χ2v) is 5.90. The van der Waals surface area contributed by atoms with Crippen LogP contribution < -0.4 is 0 Å². The van der Waals surface area contributed by atoms with Gasteiger partial charge in [-0.15, -0.1) is 12.4 Å². The second kappa shape index (κ2) is 8.73. The van der Waals surface area contributed by atoms with Gasteiger partial charge in [0.1, 0.15) is 0 Å². The highest BCUT2D eigenvalue weighted by atomic mass is 35.5. The molecule has 2 aromatic heterocycles. The van der Waals surface area contributed by atoms with Crippen LogP contribution in [0.2, 0.25) is 0 Å². The summed E-state index contributed by atoms with van der Waals surface area (Å²) >= 11 is 0. The Hall–Kier alpha value is -1.80. The highest BCUT2D eigenvalue weighted by Gasteiger charge is 2.10. The number of halogens is 1. The highest BCUT2D eigenvalue weighted by molar-refractivity contribution is 5.86. The van der Waals surface area contributed by atoms with Crippen LogP contribution in [0.15, 0.2) is 54.9 Å². The molecule has 122 valence electrons. The van der Waals surface area contributed by atoms with Crippen molar-refractivity contribution in [3.63, 3.8) is 0 Å². The summed E-state index contributed by atoms with van der Waals surface area (Å²) in [5.74, 6) is 0. The van der Waals surface area contributed by atoms with E-state index < -0.39 is 0 Å². The Kier molecular flexibility index (Phi) is 6.66. The van der Waals surface area contributed by atoms with E-state index in [1.807, 2.05) is 18.5 Å². The van der Waals surface area contributed by atoms with E-state index in [1.54, 1.807) is 0 Å². The number of rotatable bonds is 7. The lowest BCUT2D eigenvalue weighted by Crippen LogP contribution is -2.00. The molecule has 0 aliphatic heterocycles. The number of unbranched alkanes of at least 4 members (excludes halogenated alkanes) is 4. The molecule has 0 saturated carbocycles. The molecule has 3 rings (SSSR count). The largest absolute Gasteiger partial charge is 0.340 e. The number of pyridine rings is 1. The van der Waals surface area contributed by atoms with E-state index in [9.17, 15) is 0 Å². The van der Waals surface area contributed by atoms with Gasteiger partial charge in [-0.25, -0.2) is 0 Å². The number of benzene rings is 1. The van der Waals surface area contributed by atoms with Crippen LogP contribution in [-0.2, 0) is 6.54 Å². The number of nitrogens with zero attached hydrogens (tertiary/aromatic N) is 2. The number of aryl methyl sites for hydroxylation is 1. The summed E-state index contributed by atoms with van der Waals surface area (Å²) in [6.45, 7) is 3.35. The minimum absolute atomic E-state index is 0. The molecule has 0 spiro atoms. The van der Waals surface area contributed by atoms with E-state index in [-0.39, 0.29) is 12.4 Å². The highest BCUT2D eigenvalue weighted by Crippen LogP contribution is 2.28. The zero-order valence-corrected chi connectivity index (χ0v) is 14.6. The van der Waals surface area contributed by atoms with Gasteiger partial charge in [0.15, 0.2) is 0 Å². The first-order valence-corrected chi connectivity index (χ1v) is 8.39. The number of hydrogen-bond donors (Lipinski definition) is 0. The molecular weight excluding hydrogens is 304 g/mol. The van der Waals surface area contributed by atoms with E-state index in [2.05, 4.69) is 52.9 Å². The van der Waals surface area contributed by atoms with Gasteiger partial charge in [0, 0.05) is 35.4 Å². The normalized spacial score (nSPS) is 10.7. The minimum atomic E-state index is 0. The zero-order chi connectivity index (χ0) is 15.2. The van der Waals surface area contributed by atoms with Crippen molar-refractivity contribution in [3.05, 3.63) is 54.9 Å². The molecule has 0 fully saturated rings. The monoisotopic (exact) mass is 328 g/mol. The molecular formula is C20H25ClN2. The third-order valence-corrected chi connectivity index (χ3v) is 4.25. The van der Waals surface area contributed by atoms with Crippen LogP contribution in [-0.4, -0.2) is 9.55 Å². The van der Waals surface area contributed by atoms with Crippen LogP contribution >= 0.6 is 12.4 Å². The van der Waals surface area contributed by atoms with Crippen LogP contribution in [0, 0.1) is 0 Å². The summed E-state index contributed by atoms with van der Waals surface area (Å²) < 4.78 is 2.46. The lowest BCUT2D eigenvalue weighted by Gasteiger charge is -2.11. The van der Waals surface area contributed by atoms with Gasteiger partial charge in [0.25, 0.3) is 0 Å². The van der Waals surface area contributed by atoms with Crippen LogP contribution in [0.5, 0.6) is 0 Å². The minimum Gasteiger partial charge on any atom is -0.340 e. The smallest absolute Gasteiger partial charge is 0.0506 e. The molecule has 2 nitrogen and oxygen atoms in total. The Morgan fingerprint density at radius 1 is 0.957 bits per heavy atom. The van der Waals surface area contributed by atoms with Crippen LogP contribution in [0.4, 0.5) is 0 Å². The first kappa shape index (κ1) is 17.6. The summed E-state index contributed by atoms with van der Waals surface area (Å²) in [6, 6.07) is 15.1. The third-order valence-electron chi connectivity index (χ3n) is 4.25. The maximum atomic E-state index is 4.28. The summed E-state index contributed by atoms with van der Waals surface area (Å²) in [6.07, 6.45) is 10.3. The Balaban J connectivity index is 0.00000192. The summed E-state index contributed by atoms with van der Waals surface area (Å²) in [7, 11) is 0. The Morgan fingerprint density at radius 2 is 1.78 bits per heavy atom. The molecule has 0 bridgehead atoms. The molecule has 23 heavy (non-hydrogen) atoms. The predicted octanol–water partition coefficient (Wildman–Crippen LogP) is 6.10. The lowest BCUT2D eigenvalue weighted by molar-refractivity contribution is 0.579. The van der Waals surface area contributed by atoms with E-state index in [4.69, 9.17) is 0 Å². The second-order valence-electron chi connectivity index (χ2n) is 5.90. The van der Waals surface area contributed by atoms with Gasteiger partial charge >= 0.3 is 0 Å². The van der Waals surface area contributed by atoms with Gasteiger partial charge in [-0.2, -0.15) is 0 Å². The molecule has 0 amide bonds. The van der Waals surface area contributed by atoms with Gasteiger partial charge in [-0.1, -0.05) is 50.8 Å². The topological polar surface area (TPSA) is 17.8 Å². The van der Waals surface area contributed by atoms with Gasteiger partial charge in [-0.05, 0) is 30.7 Å². The maximum absolute atomic E-state index is 4.28. The van der Waals surface area contributed by atoms with Crippen molar-refractivity contribution in [1.82, 2.24) is 9.55 Å². The van der Waals surface area contributed by atoms with Crippen molar-refractivity contribution in [1.29, 1.82) is 0 Å². The summed E-state index contributed by atoms with van der Waals surface area (Å²) in [4.78, 5) is 4.28. The van der Waals surface area contributed by atoms with E-state index in [0.29, 0.717) is 0 Å². The first-order chi connectivity index (χ1) is 10.9. The molecule has 1 aromatic carbocycles. The predicted molar refractivity (Wildman–Crippen MR) is 101 cm³/mol. The lowest BCUT2D eigenvalue weighted by atomic mass is 10.1. The van der Waals surface area contributed by atoms with Gasteiger partial charge in [-0.3, -0.25) is 4.98 Å². The van der Waals surface area contributed by atoms with Crippen molar-refractivity contribution in [2.75, 3.05) is 0 Å². The molecule has 0 atom stereocenters. The van der Waals surface area contributed by atoms with Crippen molar-refractivity contribution in [2.24, 2.45) is 0 Å². The Morgan fingerprint density at radius 3 is 2.57 bits per heavy atom. The molecule has 0 saturated heterocycles. The molecule has 0 unspecified atom stereocenters. The third kappa shape index (κ3) is 4.14. The Bertz CT molecular complexity index is 719. The van der Waals surface area contributed by atoms with Crippen LogP contribution in [0.3, 0.4) is 0 Å². The van der Waals surface area contributed by atoms with Crippen LogP contribution in [0.1, 0.15) is 39.0 Å². The number of para-hydroxylation sites is 1. The molecule has 0 radical (unpaired) electrons. The van der Waals surface area contributed by atoms with E-state index >= 15 is 0 Å². The fourth-order valence-electron chi connectivity index (χ4n) is 3.08. The Labute approximate surface area is 145 Å². The summed E-state index contributed by atoms with van der Waals surface area (Å²) in [5.41, 5.74) is 3.81. The fourth-order valence-corrected chi connectivity index (χ4v) is 3.08. The first-order valence-electron chi connectivity index (χ1n) is 8.39. The molecule has 3 heteroatoms. The zero-order valence-electron chi connectivity index (χ0n) is 13.7. The van der Waals surface area contributed by atoms with Crippen molar-refractivity contribution in [3.8, 4) is 11.3 Å². The van der Waals surface area contributed by atoms with Crippen molar-refractivity contribution in [2.45, 2.75) is 45.6 Å². The fraction of sp³-hybridized carbons (Fsp3) is 0.350. The molecule has 3 aromatic rings. The van der Waals surface area contributed by atoms with Crippen molar-refractivity contribution >= 4 is 23.3 Å². The van der Waals surface area contributed by atoms with Crippen LogP contribution in [0.25, 0.3) is 22.2 Å². The number of aromatic nitrogens is 2. The SMILES string of the molecule is CCCCCCCn1c(-c2cccnc2)cc2ccccc21.Cl. The molecule has 0 aliphatic carbocycles. The average molecular weight is 329 g/mol. The van der Waals surface area contributed by atoms with E-state index in [0.717, 1.165) is 6.54 Å². The molecule has 0 N–H and O–H groups in total.